The number of hydrogen-bond donors (Lipinski definition) is 1. The summed E-state index contributed by atoms with van der Waals surface area (Å²) in [6.45, 7) is 0. The highest BCUT2D eigenvalue weighted by Crippen LogP contribution is 2.24. The standard InChI is InChI=1S/C13H7ClN4S/c14-12-3-8(6-15)4-13(18-12)17-9-1-2-10-11(5-9)19-7-16-10/h1-5,7H,(H,17,18). The molecular formula is C13H7ClN4S. The van der Waals surface area contributed by atoms with Crippen LogP contribution >= 0.6 is 22.9 Å². The maximum atomic E-state index is 8.90. The van der Waals surface area contributed by atoms with Crippen molar-refractivity contribution in [2.24, 2.45) is 0 Å². The van der Waals surface area contributed by atoms with Crippen LogP contribution < -0.4 is 5.32 Å². The number of aromatic nitrogens is 2. The highest BCUT2D eigenvalue weighted by Gasteiger charge is 2.03. The number of fused-ring (bicyclic) bond motifs is 1. The highest BCUT2D eigenvalue weighted by atomic mass is 35.5. The summed E-state index contributed by atoms with van der Waals surface area (Å²) >= 11 is 7.44. The Balaban J connectivity index is 1.96. The monoisotopic (exact) mass is 286 g/mol. The summed E-state index contributed by atoms with van der Waals surface area (Å²) in [7, 11) is 0. The van der Waals surface area contributed by atoms with Crippen molar-refractivity contribution in [1.82, 2.24) is 9.97 Å². The zero-order valence-electron chi connectivity index (χ0n) is 9.59. The first kappa shape index (κ1) is 11.9. The molecule has 4 nitrogen and oxygen atoms in total. The van der Waals surface area contributed by atoms with Crippen LogP contribution in [0.3, 0.4) is 0 Å². The topological polar surface area (TPSA) is 61.6 Å². The lowest BCUT2D eigenvalue weighted by Gasteiger charge is -2.06. The molecule has 0 saturated heterocycles. The maximum Gasteiger partial charge on any atom is 0.133 e. The van der Waals surface area contributed by atoms with Crippen molar-refractivity contribution < 1.29 is 0 Å². The van der Waals surface area contributed by atoms with E-state index in [0.717, 1.165) is 15.9 Å². The molecule has 0 atom stereocenters. The van der Waals surface area contributed by atoms with Crippen LogP contribution in [0.4, 0.5) is 11.5 Å². The smallest absolute Gasteiger partial charge is 0.133 e. The molecule has 3 aromatic rings. The van der Waals surface area contributed by atoms with Gasteiger partial charge in [0.15, 0.2) is 0 Å². The van der Waals surface area contributed by atoms with Gasteiger partial charge >= 0.3 is 0 Å². The van der Waals surface area contributed by atoms with Crippen molar-refractivity contribution in [3.05, 3.63) is 46.6 Å². The molecule has 0 aliphatic heterocycles. The van der Waals surface area contributed by atoms with Crippen molar-refractivity contribution in [3.63, 3.8) is 0 Å². The second-order valence-electron chi connectivity index (χ2n) is 3.84. The number of nitrogens with zero attached hydrogens (tertiary/aromatic N) is 3. The van der Waals surface area contributed by atoms with Crippen LogP contribution in [0.1, 0.15) is 5.56 Å². The zero-order valence-corrected chi connectivity index (χ0v) is 11.2. The summed E-state index contributed by atoms with van der Waals surface area (Å²) in [5.41, 5.74) is 4.13. The summed E-state index contributed by atoms with van der Waals surface area (Å²) in [6, 6.07) is 11.1. The van der Waals surface area contributed by atoms with Gasteiger partial charge in [0.05, 0.1) is 27.4 Å². The Hall–Kier alpha value is -2.16. The Kier molecular flexibility index (Phi) is 3.03. The molecule has 2 heterocycles. The molecule has 6 heteroatoms. The summed E-state index contributed by atoms with van der Waals surface area (Å²) in [6.07, 6.45) is 0. The third-order valence-corrected chi connectivity index (χ3v) is 3.51. The normalized spacial score (nSPS) is 10.3. The van der Waals surface area contributed by atoms with Crippen molar-refractivity contribution in [1.29, 1.82) is 5.26 Å². The lowest BCUT2D eigenvalue weighted by atomic mass is 10.2. The fraction of sp³-hybridized carbons (Fsp3) is 0. The fourth-order valence-corrected chi connectivity index (χ4v) is 2.63. The summed E-state index contributed by atoms with van der Waals surface area (Å²) in [4.78, 5) is 8.36. The zero-order chi connectivity index (χ0) is 13.2. The van der Waals surface area contributed by atoms with E-state index in [9.17, 15) is 0 Å². The molecule has 1 aromatic carbocycles. The maximum absolute atomic E-state index is 8.90. The van der Waals surface area contributed by atoms with Gasteiger partial charge in [-0.3, -0.25) is 0 Å². The van der Waals surface area contributed by atoms with Gasteiger partial charge in [-0.2, -0.15) is 5.26 Å². The molecule has 92 valence electrons. The molecule has 0 fully saturated rings. The molecule has 0 unspecified atom stereocenters. The number of thiazole rings is 1. The largest absolute Gasteiger partial charge is 0.340 e. The summed E-state index contributed by atoms with van der Waals surface area (Å²) in [5.74, 6) is 0.549. The Morgan fingerprint density at radius 1 is 1.26 bits per heavy atom. The lowest BCUT2D eigenvalue weighted by Crippen LogP contribution is -1.94. The minimum atomic E-state index is 0.292. The van der Waals surface area contributed by atoms with Crippen molar-refractivity contribution >= 4 is 44.7 Å². The lowest BCUT2D eigenvalue weighted by molar-refractivity contribution is 1.29. The molecule has 0 bridgehead atoms. The highest BCUT2D eigenvalue weighted by molar-refractivity contribution is 7.16. The fourth-order valence-electron chi connectivity index (χ4n) is 1.71. The van der Waals surface area contributed by atoms with Crippen LogP contribution in [0.15, 0.2) is 35.8 Å². The molecule has 0 saturated carbocycles. The molecular weight excluding hydrogens is 280 g/mol. The minimum absolute atomic E-state index is 0.292. The van der Waals surface area contributed by atoms with E-state index in [-0.39, 0.29) is 0 Å². The SMILES string of the molecule is N#Cc1cc(Cl)nc(Nc2ccc3ncsc3c2)c1. The van der Waals surface area contributed by atoms with E-state index < -0.39 is 0 Å². The Morgan fingerprint density at radius 2 is 2.16 bits per heavy atom. The van der Waals surface area contributed by atoms with E-state index in [2.05, 4.69) is 15.3 Å². The van der Waals surface area contributed by atoms with Crippen LogP contribution in [0.25, 0.3) is 10.2 Å². The van der Waals surface area contributed by atoms with Gasteiger partial charge in [-0.15, -0.1) is 11.3 Å². The number of halogens is 1. The molecule has 19 heavy (non-hydrogen) atoms. The first-order chi connectivity index (χ1) is 9.24. The Bertz CT molecular complexity index is 791. The molecule has 1 N–H and O–H groups in total. The van der Waals surface area contributed by atoms with E-state index in [0.29, 0.717) is 16.5 Å². The van der Waals surface area contributed by atoms with E-state index in [1.54, 1.807) is 22.9 Å². The molecule has 3 rings (SSSR count). The van der Waals surface area contributed by atoms with Crippen LogP contribution in [0, 0.1) is 11.3 Å². The number of pyridine rings is 1. The van der Waals surface area contributed by atoms with Crippen molar-refractivity contribution in [2.45, 2.75) is 0 Å². The van der Waals surface area contributed by atoms with Crippen LogP contribution in [-0.4, -0.2) is 9.97 Å². The Morgan fingerprint density at radius 3 is 3.00 bits per heavy atom. The van der Waals surface area contributed by atoms with Crippen molar-refractivity contribution in [2.75, 3.05) is 5.32 Å². The number of hydrogen-bond acceptors (Lipinski definition) is 5. The first-order valence-corrected chi connectivity index (χ1v) is 6.68. The number of nitriles is 1. The summed E-state index contributed by atoms with van der Waals surface area (Å²) < 4.78 is 1.09. The van der Waals surface area contributed by atoms with Gasteiger partial charge in [-0.1, -0.05) is 11.6 Å². The predicted molar refractivity (Wildman–Crippen MR) is 76.9 cm³/mol. The quantitative estimate of drug-likeness (QED) is 0.724. The van der Waals surface area contributed by atoms with Gasteiger partial charge in [0.1, 0.15) is 11.0 Å². The van der Waals surface area contributed by atoms with Gasteiger partial charge in [0, 0.05) is 5.69 Å². The Labute approximate surface area is 118 Å². The van der Waals surface area contributed by atoms with Crippen LogP contribution in [0.5, 0.6) is 0 Å². The minimum Gasteiger partial charge on any atom is -0.340 e. The van der Waals surface area contributed by atoms with Gasteiger partial charge in [-0.05, 0) is 30.3 Å². The molecule has 0 amide bonds. The second kappa shape index (κ2) is 4.84. The van der Waals surface area contributed by atoms with Gasteiger partial charge in [-0.25, -0.2) is 9.97 Å². The third-order valence-electron chi connectivity index (χ3n) is 2.53. The first-order valence-electron chi connectivity index (χ1n) is 5.42. The number of rotatable bonds is 2. The third kappa shape index (κ3) is 2.50. The van der Waals surface area contributed by atoms with E-state index in [1.807, 2.05) is 24.3 Å². The predicted octanol–water partition coefficient (Wildman–Crippen LogP) is 3.96. The van der Waals surface area contributed by atoms with E-state index in [4.69, 9.17) is 16.9 Å². The average molecular weight is 287 g/mol. The van der Waals surface area contributed by atoms with Gasteiger partial charge in [0.25, 0.3) is 0 Å². The van der Waals surface area contributed by atoms with Gasteiger partial charge < -0.3 is 5.32 Å². The van der Waals surface area contributed by atoms with Crippen LogP contribution in [-0.2, 0) is 0 Å². The number of anilines is 2. The molecule has 0 spiro atoms. The average Bonchev–Trinajstić information content (AvgIpc) is 2.85. The summed E-state index contributed by atoms with van der Waals surface area (Å²) in [5, 5.41) is 12.3. The van der Waals surface area contributed by atoms with E-state index >= 15 is 0 Å². The van der Waals surface area contributed by atoms with Crippen LogP contribution in [0.2, 0.25) is 5.15 Å². The molecule has 0 radical (unpaired) electrons. The number of nitrogens with one attached hydrogen (secondary N) is 1. The molecule has 2 aromatic heterocycles. The molecule has 0 aliphatic rings. The molecule has 0 aliphatic carbocycles. The number of benzene rings is 1. The van der Waals surface area contributed by atoms with Gasteiger partial charge in [0.2, 0.25) is 0 Å². The van der Waals surface area contributed by atoms with E-state index in [1.165, 1.54) is 6.07 Å². The second-order valence-corrected chi connectivity index (χ2v) is 5.11. The van der Waals surface area contributed by atoms with Crippen molar-refractivity contribution in [3.8, 4) is 6.07 Å².